The predicted molar refractivity (Wildman–Crippen MR) is 118 cm³/mol. The number of benzene rings is 1. The predicted octanol–water partition coefficient (Wildman–Crippen LogP) is 5.08. The van der Waals surface area contributed by atoms with Gasteiger partial charge in [0, 0.05) is 19.5 Å². The van der Waals surface area contributed by atoms with Crippen molar-refractivity contribution >= 4 is 12.1 Å². The fraction of sp³-hybridized carbons (Fsp3) is 0.667. The molecule has 0 saturated heterocycles. The van der Waals surface area contributed by atoms with Crippen LogP contribution in [0.3, 0.4) is 0 Å². The van der Waals surface area contributed by atoms with Gasteiger partial charge in [-0.15, -0.1) is 0 Å². The minimum Gasteiger partial charge on any atom is -0.461 e. The molecule has 0 atom stereocenters. The fourth-order valence-electron chi connectivity index (χ4n) is 3.01. The first-order valence-electron chi connectivity index (χ1n) is 11.1. The molecule has 0 fully saturated rings. The first-order chi connectivity index (χ1) is 14.3. The van der Waals surface area contributed by atoms with Crippen molar-refractivity contribution < 1.29 is 24.2 Å². The van der Waals surface area contributed by atoms with Crippen LogP contribution in [0.15, 0.2) is 30.3 Å². The van der Waals surface area contributed by atoms with Crippen LogP contribution in [0.1, 0.15) is 77.7 Å². The van der Waals surface area contributed by atoms with Gasteiger partial charge in [0.15, 0.2) is 0 Å². The van der Waals surface area contributed by atoms with Gasteiger partial charge >= 0.3 is 12.1 Å². The number of aliphatic hydroxyl groups excluding tert-OH is 1. The third-order valence-corrected chi connectivity index (χ3v) is 4.57. The van der Waals surface area contributed by atoms with Crippen LogP contribution in [0.25, 0.3) is 0 Å². The fourth-order valence-corrected chi connectivity index (χ4v) is 3.01. The first-order valence-corrected chi connectivity index (χ1v) is 11.1. The molecular weight excluding hydrogens is 382 g/mol. The number of rotatable bonds is 14. The summed E-state index contributed by atoms with van der Waals surface area (Å²) in [5, 5.41) is 9.16. The van der Waals surface area contributed by atoms with Gasteiger partial charge in [-0.1, -0.05) is 62.4 Å². The Morgan fingerprint density at radius 3 is 2.10 bits per heavy atom. The van der Waals surface area contributed by atoms with Crippen LogP contribution in [0.5, 0.6) is 0 Å². The Morgan fingerprint density at radius 1 is 0.900 bits per heavy atom. The van der Waals surface area contributed by atoms with E-state index < -0.39 is 5.60 Å². The molecule has 0 aliphatic rings. The molecule has 0 unspecified atom stereocenters. The molecule has 30 heavy (non-hydrogen) atoms. The number of aliphatic hydroxyl groups is 1. The number of carbonyl (C=O) groups is 2. The molecule has 6 nitrogen and oxygen atoms in total. The lowest BCUT2D eigenvalue weighted by Gasteiger charge is -2.27. The second-order valence-corrected chi connectivity index (χ2v) is 8.56. The maximum Gasteiger partial charge on any atom is 0.410 e. The highest BCUT2D eigenvalue weighted by Gasteiger charge is 2.21. The Balaban J connectivity index is 2.02. The summed E-state index contributed by atoms with van der Waals surface area (Å²) >= 11 is 0. The van der Waals surface area contributed by atoms with Crippen LogP contribution in [-0.2, 0) is 20.9 Å². The van der Waals surface area contributed by atoms with Gasteiger partial charge in [0.05, 0.1) is 6.61 Å². The van der Waals surface area contributed by atoms with Crippen LogP contribution in [0, 0.1) is 0 Å². The average molecular weight is 422 g/mol. The summed E-state index contributed by atoms with van der Waals surface area (Å²) in [5.41, 5.74) is 0.480. The second-order valence-electron chi connectivity index (χ2n) is 8.56. The highest BCUT2D eigenvalue weighted by molar-refractivity contribution is 5.69. The maximum atomic E-state index is 12.1. The van der Waals surface area contributed by atoms with Crippen molar-refractivity contribution in [2.75, 3.05) is 19.7 Å². The summed E-state index contributed by atoms with van der Waals surface area (Å²) in [6.07, 6.45) is 7.22. The van der Waals surface area contributed by atoms with Gasteiger partial charge in [-0.3, -0.25) is 4.79 Å². The van der Waals surface area contributed by atoms with Crippen molar-refractivity contribution in [3.63, 3.8) is 0 Å². The number of ether oxygens (including phenoxy) is 2. The molecule has 0 aromatic heterocycles. The highest BCUT2D eigenvalue weighted by Crippen LogP contribution is 2.13. The Bertz CT molecular complexity index is 597. The van der Waals surface area contributed by atoms with E-state index in [-0.39, 0.29) is 18.7 Å². The summed E-state index contributed by atoms with van der Waals surface area (Å²) in [5.74, 6) is -0.134. The maximum absolute atomic E-state index is 12.1. The summed E-state index contributed by atoms with van der Waals surface area (Å²) < 4.78 is 10.7. The number of amides is 1. The van der Waals surface area contributed by atoms with E-state index in [4.69, 9.17) is 14.6 Å². The van der Waals surface area contributed by atoms with E-state index in [1.807, 2.05) is 51.1 Å². The van der Waals surface area contributed by atoms with E-state index >= 15 is 0 Å². The van der Waals surface area contributed by atoms with E-state index in [9.17, 15) is 9.59 Å². The largest absolute Gasteiger partial charge is 0.461 e. The van der Waals surface area contributed by atoms with Gasteiger partial charge in [0.1, 0.15) is 12.2 Å². The normalized spacial score (nSPS) is 11.2. The highest BCUT2D eigenvalue weighted by atomic mass is 16.6. The van der Waals surface area contributed by atoms with Gasteiger partial charge in [-0.2, -0.15) is 0 Å². The molecule has 0 radical (unpaired) electrons. The molecular formula is C24H39NO5. The number of nitrogens with zero attached hydrogens (tertiary/aromatic N) is 1. The van der Waals surface area contributed by atoms with Crippen molar-refractivity contribution in [2.45, 2.75) is 84.3 Å². The van der Waals surface area contributed by atoms with Crippen LogP contribution >= 0.6 is 0 Å². The summed E-state index contributed by atoms with van der Waals surface area (Å²) in [7, 11) is 0. The van der Waals surface area contributed by atoms with Crippen molar-refractivity contribution in [2.24, 2.45) is 0 Å². The third-order valence-electron chi connectivity index (χ3n) is 4.57. The van der Waals surface area contributed by atoms with Gasteiger partial charge in [-0.05, 0) is 39.2 Å². The lowest BCUT2D eigenvalue weighted by atomic mass is 10.1. The van der Waals surface area contributed by atoms with Gasteiger partial charge in [0.25, 0.3) is 0 Å². The van der Waals surface area contributed by atoms with Gasteiger partial charge in [0.2, 0.25) is 0 Å². The Labute approximate surface area is 181 Å². The molecule has 1 amide bonds. The number of carbonyl (C=O) groups excluding carboxylic acids is 2. The number of hydrogen-bond acceptors (Lipinski definition) is 5. The van der Waals surface area contributed by atoms with Gasteiger partial charge < -0.3 is 19.5 Å². The zero-order valence-electron chi connectivity index (χ0n) is 18.9. The van der Waals surface area contributed by atoms with Crippen LogP contribution in [0.4, 0.5) is 4.79 Å². The minimum absolute atomic E-state index is 0.0625. The first kappa shape index (κ1) is 26.0. The zero-order valence-corrected chi connectivity index (χ0v) is 18.9. The van der Waals surface area contributed by atoms with Crippen molar-refractivity contribution in [3.05, 3.63) is 35.9 Å². The molecule has 6 heteroatoms. The Kier molecular flexibility index (Phi) is 12.8. The zero-order chi connectivity index (χ0) is 22.2. The van der Waals surface area contributed by atoms with Crippen molar-refractivity contribution in [1.82, 2.24) is 4.90 Å². The molecule has 1 aromatic carbocycles. The molecule has 0 bridgehead atoms. The standard InChI is InChI=1S/C24H39NO5/c1-24(2,3)30-23(28)25(18-19-26)17-13-8-6-4-5-7-12-16-22(27)29-20-21-14-10-9-11-15-21/h9-11,14-15,26H,4-8,12-13,16-20H2,1-3H3. The molecule has 0 saturated carbocycles. The van der Waals surface area contributed by atoms with E-state index in [0.717, 1.165) is 50.5 Å². The Hall–Kier alpha value is -2.08. The lowest BCUT2D eigenvalue weighted by Crippen LogP contribution is -2.39. The lowest BCUT2D eigenvalue weighted by molar-refractivity contribution is -0.145. The SMILES string of the molecule is CC(C)(C)OC(=O)N(CCO)CCCCCCCCCC(=O)OCc1ccccc1. The minimum atomic E-state index is -0.529. The van der Waals surface area contributed by atoms with E-state index in [1.54, 1.807) is 4.90 Å². The Morgan fingerprint density at radius 2 is 1.50 bits per heavy atom. The van der Waals surface area contributed by atoms with Crippen LogP contribution < -0.4 is 0 Å². The second kappa shape index (κ2) is 14.8. The number of unbranched alkanes of at least 4 members (excludes halogenated alkanes) is 6. The van der Waals surface area contributed by atoms with Crippen LogP contribution in [-0.4, -0.2) is 47.4 Å². The molecule has 0 spiro atoms. The van der Waals surface area contributed by atoms with E-state index in [0.29, 0.717) is 26.1 Å². The number of hydrogen-bond donors (Lipinski definition) is 1. The summed E-state index contributed by atoms with van der Waals surface area (Å²) in [6.45, 7) is 6.70. The van der Waals surface area contributed by atoms with Gasteiger partial charge in [-0.25, -0.2) is 4.79 Å². The molecule has 0 aliphatic carbocycles. The summed E-state index contributed by atoms with van der Waals surface area (Å²) in [6, 6.07) is 9.71. The summed E-state index contributed by atoms with van der Waals surface area (Å²) in [4.78, 5) is 25.5. The molecule has 0 aliphatic heterocycles. The molecule has 1 aromatic rings. The number of esters is 1. The van der Waals surface area contributed by atoms with E-state index in [1.165, 1.54) is 0 Å². The van der Waals surface area contributed by atoms with E-state index in [2.05, 4.69) is 0 Å². The topological polar surface area (TPSA) is 76.1 Å². The van der Waals surface area contributed by atoms with Crippen LogP contribution in [0.2, 0.25) is 0 Å². The van der Waals surface area contributed by atoms with Crippen molar-refractivity contribution in [3.8, 4) is 0 Å². The smallest absolute Gasteiger partial charge is 0.410 e. The molecule has 1 N–H and O–H groups in total. The quantitative estimate of drug-likeness (QED) is 0.335. The van der Waals surface area contributed by atoms with Crippen molar-refractivity contribution in [1.29, 1.82) is 0 Å². The monoisotopic (exact) mass is 421 g/mol. The molecule has 170 valence electrons. The molecule has 1 rings (SSSR count). The molecule has 0 heterocycles. The average Bonchev–Trinajstić information content (AvgIpc) is 2.69. The third kappa shape index (κ3) is 13.2.